The van der Waals surface area contributed by atoms with Gasteiger partial charge in [-0.2, -0.15) is 0 Å². The minimum atomic E-state index is 0.105. The van der Waals surface area contributed by atoms with Crippen LogP contribution in [0.15, 0.2) is 97.1 Å². The van der Waals surface area contributed by atoms with Crippen LogP contribution in [0.4, 0.5) is 0 Å². The van der Waals surface area contributed by atoms with Crippen molar-refractivity contribution in [1.82, 2.24) is 0 Å². The van der Waals surface area contributed by atoms with Crippen LogP contribution in [0.5, 0.6) is 0 Å². The third kappa shape index (κ3) is 8.88. The Balaban J connectivity index is 1.54. The van der Waals surface area contributed by atoms with Gasteiger partial charge in [0.15, 0.2) is 0 Å². The molecule has 4 aromatic rings. The first kappa shape index (κ1) is 33.0. The monoisotopic (exact) mass is 596 g/mol. The average Bonchev–Trinajstić information content (AvgIpc) is 3.35. The Hall–Kier alpha value is -3.38. The molecular formula is C45H56. The van der Waals surface area contributed by atoms with Crippen LogP contribution in [0.1, 0.15) is 126 Å². The van der Waals surface area contributed by atoms with E-state index in [1.54, 1.807) is 11.1 Å². The van der Waals surface area contributed by atoms with Gasteiger partial charge in [-0.15, -0.1) is 0 Å². The van der Waals surface area contributed by atoms with Gasteiger partial charge >= 0.3 is 0 Å². The molecule has 5 rings (SSSR count). The van der Waals surface area contributed by atoms with E-state index in [1.807, 2.05) is 0 Å². The van der Waals surface area contributed by atoms with Crippen molar-refractivity contribution in [2.75, 3.05) is 0 Å². The van der Waals surface area contributed by atoms with Crippen molar-refractivity contribution in [2.45, 2.75) is 122 Å². The molecule has 0 bridgehead atoms. The van der Waals surface area contributed by atoms with Crippen molar-refractivity contribution in [3.05, 3.63) is 140 Å². The molecule has 0 unspecified atom stereocenters. The standard InChI is InChI=1S/C45H56/c1-3-5-7-9-11-19-33-45(34-20-12-10-8-6-4-2)43-35-39(27-25-37-21-15-13-16-22-37)29-31-41(43)42-32-30-40(36-44(42)45)28-26-38-23-17-14-18-24-38/h13-18,21-24,27-32,35-36H,3-12,19-20,25-26,33-34H2,1-2H3. The number of hydrogen-bond donors (Lipinski definition) is 0. The normalized spacial score (nSPS) is 14.1. The first-order chi connectivity index (χ1) is 22.2. The fraction of sp³-hybridized carbons (Fsp3) is 0.422. The van der Waals surface area contributed by atoms with Gasteiger partial charge in [0, 0.05) is 5.41 Å². The molecule has 0 radical (unpaired) electrons. The number of unbranched alkanes of at least 4 members (excludes halogenated alkanes) is 10. The van der Waals surface area contributed by atoms with Gasteiger partial charge in [0.25, 0.3) is 0 Å². The largest absolute Gasteiger partial charge is 0.0729 e. The van der Waals surface area contributed by atoms with Crippen molar-refractivity contribution < 1.29 is 0 Å². The number of rotatable bonds is 18. The molecule has 0 aromatic heterocycles. The molecule has 0 amide bonds. The second kappa shape index (κ2) is 17.4. The summed E-state index contributed by atoms with van der Waals surface area (Å²) in [7, 11) is 0. The Labute approximate surface area is 273 Å². The van der Waals surface area contributed by atoms with Gasteiger partial charge in [0.05, 0.1) is 0 Å². The zero-order valence-electron chi connectivity index (χ0n) is 28.2. The molecule has 45 heavy (non-hydrogen) atoms. The van der Waals surface area contributed by atoms with E-state index in [0.717, 1.165) is 12.8 Å². The van der Waals surface area contributed by atoms with E-state index >= 15 is 0 Å². The molecule has 1 aliphatic carbocycles. The summed E-state index contributed by atoms with van der Waals surface area (Å²) in [6.07, 6.45) is 25.6. The molecule has 0 atom stereocenters. The van der Waals surface area contributed by atoms with E-state index in [4.69, 9.17) is 0 Å². The first-order valence-electron chi connectivity index (χ1n) is 18.3. The van der Waals surface area contributed by atoms with Crippen molar-refractivity contribution >= 4 is 12.2 Å². The molecule has 0 nitrogen and oxygen atoms in total. The van der Waals surface area contributed by atoms with Crippen LogP contribution >= 0.6 is 0 Å². The van der Waals surface area contributed by atoms with E-state index in [-0.39, 0.29) is 5.41 Å². The maximum Gasteiger partial charge on any atom is 0.0215 e. The van der Waals surface area contributed by atoms with Crippen LogP contribution in [0, 0.1) is 10.4 Å². The Morgan fingerprint density at radius 2 is 0.844 bits per heavy atom. The predicted molar refractivity (Wildman–Crippen MR) is 196 cm³/mol. The van der Waals surface area contributed by atoms with Crippen LogP contribution in [0.25, 0.3) is 12.2 Å². The van der Waals surface area contributed by atoms with E-state index < -0.39 is 0 Å². The van der Waals surface area contributed by atoms with E-state index in [0.29, 0.717) is 0 Å². The Bertz CT molecular complexity index is 1540. The SMILES string of the molecule is CCCCCCCCC1(CCCCCCCC)c2cc(=CCc3ccccc3)ccc2=c2ccc(=CCc3ccccc3)cc21. The second-order valence-electron chi connectivity index (χ2n) is 13.5. The van der Waals surface area contributed by atoms with Crippen LogP contribution in [0.3, 0.4) is 0 Å². The maximum absolute atomic E-state index is 2.58. The Kier molecular flexibility index (Phi) is 12.7. The van der Waals surface area contributed by atoms with Crippen molar-refractivity contribution in [3.8, 4) is 0 Å². The van der Waals surface area contributed by atoms with Gasteiger partial charge in [-0.25, -0.2) is 0 Å². The molecule has 1 aliphatic rings. The van der Waals surface area contributed by atoms with Gasteiger partial charge in [-0.3, -0.25) is 0 Å². The highest BCUT2D eigenvalue weighted by Gasteiger charge is 2.38. The molecule has 0 N–H and O–H groups in total. The van der Waals surface area contributed by atoms with Gasteiger partial charge in [0.1, 0.15) is 0 Å². The highest BCUT2D eigenvalue weighted by Crippen LogP contribution is 2.46. The maximum atomic E-state index is 2.58. The molecule has 0 heteroatoms. The lowest BCUT2D eigenvalue weighted by molar-refractivity contribution is 0.394. The summed E-state index contributed by atoms with van der Waals surface area (Å²) in [5.74, 6) is 0. The number of fused-ring (bicyclic) bond motifs is 2. The van der Waals surface area contributed by atoms with Gasteiger partial charge in [-0.05, 0) is 68.8 Å². The van der Waals surface area contributed by atoms with Gasteiger partial charge in [-0.1, -0.05) is 200 Å². The highest BCUT2D eigenvalue weighted by atomic mass is 14.4. The van der Waals surface area contributed by atoms with E-state index in [1.165, 1.54) is 122 Å². The van der Waals surface area contributed by atoms with Crippen LogP contribution < -0.4 is 10.4 Å². The summed E-state index contributed by atoms with van der Waals surface area (Å²) in [5, 5.41) is 5.70. The third-order valence-corrected chi connectivity index (χ3v) is 10.2. The van der Waals surface area contributed by atoms with Crippen molar-refractivity contribution in [2.24, 2.45) is 0 Å². The quantitative estimate of drug-likeness (QED) is 0.100. The summed E-state index contributed by atoms with van der Waals surface area (Å²) in [6.45, 7) is 4.64. The molecule has 4 aromatic carbocycles. The second-order valence-corrected chi connectivity index (χ2v) is 13.5. The lowest BCUT2D eigenvalue weighted by Gasteiger charge is -2.33. The van der Waals surface area contributed by atoms with Crippen LogP contribution in [-0.4, -0.2) is 0 Å². The lowest BCUT2D eigenvalue weighted by Crippen LogP contribution is -2.28. The Morgan fingerprint density at radius 3 is 1.27 bits per heavy atom. The summed E-state index contributed by atoms with van der Waals surface area (Å²) in [5.41, 5.74) is 6.06. The smallest absolute Gasteiger partial charge is 0.0215 e. The minimum absolute atomic E-state index is 0.105. The fourth-order valence-electron chi connectivity index (χ4n) is 7.56. The molecule has 0 fully saturated rings. The molecule has 0 saturated carbocycles. The molecule has 0 aliphatic heterocycles. The summed E-state index contributed by atoms with van der Waals surface area (Å²) in [4.78, 5) is 0. The van der Waals surface area contributed by atoms with Gasteiger partial charge in [0.2, 0.25) is 0 Å². The molecule has 0 saturated heterocycles. The molecule has 236 valence electrons. The zero-order chi connectivity index (χ0) is 31.2. The lowest BCUT2D eigenvalue weighted by atomic mass is 9.70. The summed E-state index contributed by atoms with van der Waals surface area (Å²) in [6, 6.07) is 36.6. The van der Waals surface area contributed by atoms with E-state index in [2.05, 4.69) is 123 Å². The predicted octanol–water partition coefficient (Wildman–Crippen LogP) is 11.1. The fourth-order valence-corrected chi connectivity index (χ4v) is 7.56. The van der Waals surface area contributed by atoms with Crippen molar-refractivity contribution in [3.63, 3.8) is 0 Å². The molecule has 0 heterocycles. The first-order valence-corrected chi connectivity index (χ1v) is 18.3. The molecular weight excluding hydrogens is 540 g/mol. The van der Waals surface area contributed by atoms with Crippen molar-refractivity contribution in [1.29, 1.82) is 0 Å². The molecule has 0 spiro atoms. The zero-order valence-corrected chi connectivity index (χ0v) is 28.2. The average molecular weight is 597 g/mol. The number of benzene rings is 4. The summed E-state index contributed by atoms with van der Waals surface area (Å²) < 4.78 is 0. The summed E-state index contributed by atoms with van der Waals surface area (Å²) >= 11 is 0. The van der Waals surface area contributed by atoms with Crippen LogP contribution in [0.2, 0.25) is 0 Å². The highest BCUT2D eigenvalue weighted by molar-refractivity contribution is 5.51. The van der Waals surface area contributed by atoms with Gasteiger partial charge < -0.3 is 0 Å². The Morgan fingerprint density at radius 1 is 0.444 bits per heavy atom. The minimum Gasteiger partial charge on any atom is -0.0729 e. The van der Waals surface area contributed by atoms with E-state index in [9.17, 15) is 0 Å². The number of hydrogen-bond acceptors (Lipinski definition) is 0. The topological polar surface area (TPSA) is 0 Å². The van der Waals surface area contributed by atoms with Crippen LogP contribution in [-0.2, 0) is 18.3 Å². The third-order valence-electron chi connectivity index (χ3n) is 10.2.